The zero-order valence-corrected chi connectivity index (χ0v) is 13.5. The highest BCUT2D eigenvalue weighted by molar-refractivity contribution is 5.72. The molecule has 0 aliphatic heterocycles. The third kappa shape index (κ3) is 2.82. The lowest BCUT2D eigenvalue weighted by Crippen LogP contribution is -2.14. The smallest absolute Gasteiger partial charge is 0.277 e. The van der Waals surface area contributed by atoms with Gasteiger partial charge in [0.15, 0.2) is 11.2 Å². The van der Waals surface area contributed by atoms with E-state index in [4.69, 9.17) is 0 Å². The minimum atomic E-state index is -0.441. The standard InChI is InChI=1S/C19H15FN4O/c1-12-6-8-13(9-7-12)10-24-11-21-18-16(24)19(25)23-17(22-18)14-4-2-3-5-15(14)20/h2-9,11H,10H2,1H3,(H,22,23,25). The Morgan fingerprint density at radius 3 is 2.64 bits per heavy atom. The fourth-order valence-electron chi connectivity index (χ4n) is 2.78. The number of rotatable bonds is 3. The molecule has 0 amide bonds. The first-order valence-electron chi connectivity index (χ1n) is 7.87. The van der Waals surface area contributed by atoms with E-state index in [0.717, 1.165) is 5.56 Å². The van der Waals surface area contributed by atoms with E-state index in [0.29, 0.717) is 17.7 Å². The van der Waals surface area contributed by atoms with E-state index in [-0.39, 0.29) is 16.9 Å². The van der Waals surface area contributed by atoms with Gasteiger partial charge in [0.1, 0.15) is 11.6 Å². The topological polar surface area (TPSA) is 63.6 Å². The number of nitrogens with one attached hydrogen (secondary N) is 1. The SMILES string of the molecule is Cc1ccc(Cn2cnc3nc(-c4ccccc4F)[nH]c(=O)c32)cc1. The fourth-order valence-corrected chi connectivity index (χ4v) is 2.78. The van der Waals surface area contributed by atoms with Gasteiger partial charge >= 0.3 is 0 Å². The summed E-state index contributed by atoms with van der Waals surface area (Å²) in [5, 5.41) is 0. The average molecular weight is 334 g/mol. The second kappa shape index (κ2) is 5.98. The summed E-state index contributed by atoms with van der Waals surface area (Å²) >= 11 is 0. The molecule has 0 saturated carbocycles. The molecule has 0 atom stereocenters. The van der Waals surface area contributed by atoms with Crippen LogP contribution in [-0.2, 0) is 6.54 Å². The van der Waals surface area contributed by atoms with Crippen LogP contribution in [0.1, 0.15) is 11.1 Å². The summed E-state index contributed by atoms with van der Waals surface area (Å²) in [6.45, 7) is 2.54. The van der Waals surface area contributed by atoms with Crippen LogP contribution >= 0.6 is 0 Å². The van der Waals surface area contributed by atoms with Crippen LogP contribution < -0.4 is 5.56 Å². The van der Waals surface area contributed by atoms with Crippen molar-refractivity contribution in [2.75, 3.05) is 0 Å². The van der Waals surface area contributed by atoms with E-state index in [1.54, 1.807) is 29.1 Å². The maximum absolute atomic E-state index is 13.9. The van der Waals surface area contributed by atoms with Crippen molar-refractivity contribution in [3.05, 3.63) is 82.2 Å². The molecule has 0 radical (unpaired) electrons. The third-order valence-electron chi connectivity index (χ3n) is 4.09. The Balaban J connectivity index is 1.79. The van der Waals surface area contributed by atoms with Gasteiger partial charge in [0.2, 0.25) is 0 Å². The minimum Gasteiger partial charge on any atom is -0.320 e. The summed E-state index contributed by atoms with van der Waals surface area (Å²) in [6.07, 6.45) is 1.58. The first-order valence-corrected chi connectivity index (χ1v) is 7.87. The van der Waals surface area contributed by atoms with Crippen molar-refractivity contribution < 1.29 is 4.39 Å². The Morgan fingerprint density at radius 2 is 1.88 bits per heavy atom. The molecular formula is C19H15FN4O. The number of nitrogens with zero attached hydrogens (tertiary/aromatic N) is 3. The maximum atomic E-state index is 13.9. The van der Waals surface area contributed by atoms with Crippen molar-refractivity contribution in [1.29, 1.82) is 0 Å². The minimum absolute atomic E-state index is 0.177. The monoisotopic (exact) mass is 334 g/mol. The van der Waals surface area contributed by atoms with Gasteiger partial charge in [-0.2, -0.15) is 0 Å². The molecule has 1 N–H and O–H groups in total. The summed E-state index contributed by atoms with van der Waals surface area (Å²) in [6, 6.07) is 14.2. The molecule has 0 aliphatic rings. The number of aryl methyl sites for hydroxylation is 1. The fraction of sp³-hybridized carbons (Fsp3) is 0.105. The van der Waals surface area contributed by atoms with Crippen LogP contribution in [0.25, 0.3) is 22.6 Å². The molecule has 124 valence electrons. The van der Waals surface area contributed by atoms with Crippen LogP contribution in [0.2, 0.25) is 0 Å². The number of H-pyrrole nitrogens is 1. The molecule has 2 aromatic heterocycles. The molecule has 0 bridgehead atoms. The molecule has 4 rings (SSSR count). The Labute approximate surface area is 142 Å². The number of benzene rings is 2. The zero-order chi connectivity index (χ0) is 17.4. The first-order chi connectivity index (χ1) is 12.1. The maximum Gasteiger partial charge on any atom is 0.277 e. The van der Waals surface area contributed by atoms with E-state index in [9.17, 15) is 9.18 Å². The normalized spacial score (nSPS) is 11.1. The van der Waals surface area contributed by atoms with E-state index in [1.165, 1.54) is 11.6 Å². The van der Waals surface area contributed by atoms with E-state index >= 15 is 0 Å². The van der Waals surface area contributed by atoms with Crippen molar-refractivity contribution in [2.24, 2.45) is 0 Å². The Hall–Kier alpha value is -3.28. The summed E-state index contributed by atoms with van der Waals surface area (Å²) in [7, 11) is 0. The van der Waals surface area contributed by atoms with Crippen molar-refractivity contribution >= 4 is 11.2 Å². The lowest BCUT2D eigenvalue weighted by atomic mass is 10.1. The van der Waals surface area contributed by atoms with Crippen molar-refractivity contribution in [2.45, 2.75) is 13.5 Å². The second-order valence-electron chi connectivity index (χ2n) is 5.92. The Kier molecular flexibility index (Phi) is 3.65. The first kappa shape index (κ1) is 15.3. The van der Waals surface area contributed by atoms with Gasteiger partial charge in [-0.25, -0.2) is 14.4 Å². The predicted octanol–water partition coefficient (Wildman–Crippen LogP) is 3.28. The summed E-state index contributed by atoms with van der Waals surface area (Å²) in [5.74, 6) is -0.264. The Bertz CT molecular complexity index is 1110. The van der Waals surface area contributed by atoms with Crippen molar-refractivity contribution in [1.82, 2.24) is 19.5 Å². The van der Waals surface area contributed by atoms with Crippen LogP contribution in [0.4, 0.5) is 4.39 Å². The molecule has 6 heteroatoms. The number of imidazole rings is 1. The van der Waals surface area contributed by atoms with Gasteiger partial charge in [0.05, 0.1) is 11.9 Å². The number of fused-ring (bicyclic) bond motifs is 1. The zero-order valence-electron chi connectivity index (χ0n) is 13.5. The number of aromatic nitrogens is 4. The summed E-state index contributed by atoms with van der Waals surface area (Å²) < 4.78 is 15.7. The molecule has 0 aliphatic carbocycles. The highest BCUT2D eigenvalue weighted by Gasteiger charge is 2.13. The van der Waals surface area contributed by atoms with Gasteiger partial charge < -0.3 is 9.55 Å². The number of hydrogen-bond acceptors (Lipinski definition) is 3. The molecule has 2 heterocycles. The molecule has 5 nitrogen and oxygen atoms in total. The summed E-state index contributed by atoms with van der Waals surface area (Å²) in [5.41, 5.74) is 2.81. The molecule has 0 fully saturated rings. The van der Waals surface area contributed by atoms with E-state index < -0.39 is 5.82 Å². The second-order valence-corrected chi connectivity index (χ2v) is 5.92. The van der Waals surface area contributed by atoms with Crippen LogP contribution in [0.3, 0.4) is 0 Å². The molecule has 0 saturated heterocycles. The third-order valence-corrected chi connectivity index (χ3v) is 4.09. The van der Waals surface area contributed by atoms with Gasteiger partial charge in [0.25, 0.3) is 5.56 Å². The molecule has 0 unspecified atom stereocenters. The van der Waals surface area contributed by atoms with Gasteiger partial charge in [-0.15, -0.1) is 0 Å². The lowest BCUT2D eigenvalue weighted by molar-refractivity contribution is 0.630. The van der Waals surface area contributed by atoms with Crippen LogP contribution in [0.15, 0.2) is 59.7 Å². The van der Waals surface area contributed by atoms with E-state index in [2.05, 4.69) is 15.0 Å². The number of hydrogen-bond donors (Lipinski definition) is 1. The van der Waals surface area contributed by atoms with Gasteiger partial charge in [-0.1, -0.05) is 42.0 Å². The van der Waals surface area contributed by atoms with Crippen LogP contribution in [0, 0.1) is 12.7 Å². The lowest BCUT2D eigenvalue weighted by Gasteiger charge is -2.06. The highest BCUT2D eigenvalue weighted by Crippen LogP contribution is 2.19. The number of aromatic amines is 1. The van der Waals surface area contributed by atoms with Crippen molar-refractivity contribution in [3.63, 3.8) is 0 Å². The van der Waals surface area contributed by atoms with Gasteiger partial charge in [-0.05, 0) is 24.6 Å². The average Bonchev–Trinajstić information content (AvgIpc) is 3.01. The van der Waals surface area contributed by atoms with Crippen LogP contribution in [-0.4, -0.2) is 19.5 Å². The molecule has 0 spiro atoms. The number of halogens is 1. The van der Waals surface area contributed by atoms with Crippen LogP contribution in [0.5, 0.6) is 0 Å². The Morgan fingerprint density at radius 1 is 1.12 bits per heavy atom. The molecular weight excluding hydrogens is 319 g/mol. The molecule has 2 aromatic carbocycles. The van der Waals surface area contributed by atoms with Gasteiger partial charge in [-0.3, -0.25) is 4.79 Å². The largest absolute Gasteiger partial charge is 0.320 e. The highest BCUT2D eigenvalue weighted by atomic mass is 19.1. The summed E-state index contributed by atoms with van der Waals surface area (Å²) in [4.78, 5) is 23.7. The van der Waals surface area contributed by atoms with E-state index in [1.807, 2.05) is 31.2 Å². The van der Waals surface area contributed by atoms with Gasteiger partial charge in [0, 0.05) is 6.54 Å². The molecule has 4 aromatic rings. The molecule has 25 heavy (non-hydrogen) atoms. The predicted molar refractivity (Wildman–Crippen MR) is 93.8 cm³/mol. The van der Waals surface area contributed by atoms with Crippen molar-refractivity contribution in [3.8, 4) is 11.4 Å². The quantitative estimate of drug-likeness (QED) is 0.625.